The summed E-state index contributed by atoms with van der Waals surface area (Å²) < 4.78 is 0. The molecule has 1 aromatic rings. The smallest absolute Gasteiger partial charge is 0.222 e. The summed E-state index contributed by atoms with van der Waals surface area (Å²) >= 11 is 5.68. The molecule has 1 aromatic heterocycles. The molecule has 4 nitrogen and oxygen atoms in total. The average molecular weight is 254 g/mol. The number of halogens is 1. The summed E-state index contributed by atoms with van der Waals surface area (Å²) in [6.07, 6.45) is 5.10. The molecule has 0 aromatic carbocycles. The van der Waals surface area contributed by atoms with Crippen LogP contribution in [0.4, 0.5) is 0 Å². The maximum absolute atomic E-state index is 11.9. The summed E-state index contributed by atoms with van der Waals surface area (Å²) in [6.45, 7) is 1.37. The minimum Gasteiger partial charge on any atom is -0.337 e. The van der Waals surface area contributed by atoms with Gasteiger partial charge in [-0.05, 0) is 25.0 Å². The van der Waals surface area contributed by atoms with Gasteiger partial charge in [0.05, 0.1) is 12.2 Å². The Kier molecular flexibility index (Phi) is 4.31. The highest BCUT2D eigenvalue weighted by atomic mass is 35.5. The van der Waals surface area contributed by atoms with Crippen LogP contribution < -0.4 is 0 Å². The Bertz CT molecular complexity index is 380. The van der Waals surface area contributed by atoms with E-state index in [-0.39, 0.29) is 5.91 Å². The quantitative estimate of drug-likeness (QED) is 0.813. The average Bonchev–Trinajstić information content (AvgIpc) is 2.31. The molecule has 1 aliphatic heterocycles. The molecule has 92 valence electrons. The molecular formula is C12H16ClN3O. The monoisotopic (exact) mass is 253 g/mol. The van der Waals surface area contributed by atoms with Crippen LogP contribution in [-0.2, 0) is 11.3 Å². The third-order valence-corrected chi connectivity index (χ3v) is 3.16. The van der Waals surface area contributed by atoms with E-state index in [9.17, 15) is 4.79 Å². The predicted octanol–water partition coefficient (Wildman–Crippen LogP) is 2.42. The van der Waals surface area contributed by atoms with Crippen molar-refractivity contribution >= 4 is 17.5 Å². The summed E-state index contributed by atoms with van der Waals surface area (Å²) in [5.74, 6) is 0.224. The zero-order valence-electron chi connectivity index (χ0n) is 9.73. The van der Waals surface area contributed by atoms with E-state index in [2.05, 4.69) is 10.2 Å². The molecule has 0 atom stereocenters. The molecule has 0 unspecified atom stereocenters. The van der Waals surface area contributed by atoms with Gasteiger partial charge in [0.1, 0.15) is 0 Å². The van der Waals surface area contributed by atoms with E-state index in [1.165, 1.54) is 12.8 Å². The number of rotatable bonds is 2. The molecule has 2 heterocycles. The molecule has 1 amide bonds. The fraction of sp³-hybridized carbons (Fsp3) is 0.583. The lowest BCUT2D eigenvalue weighted by Gasteiger charge is -2.24. The Morgan fingerprint density at radius 2 is 2.00 bits per heavy atom. The zero-order chi connectivity index (χ0) is 12.1. The highest BCUT2D eigenvalue weighted by Gasteiger charge is 2.16. The van der Waals surface area contributed by atoms with Crippen molar-refractivity contribution in [2.45, 2.75) is 38.6 Å². The molecule has 0 saturated carbocycles. The van der Waals surface area contributed by atoms with Crippen LogP contribution >= 0.6 is 11.6 Å². The van der Waals surface area contributed by atoms with Crippen LogP contribution in [0.15, 0.2) is 12.1 Å². The number of nitrogens with zero attached hydrogens (tertiary/aromatic N) is 3. The van der Waals surface area contributed by atoms with Crippen LogP contribution in [0.3, 0.4) is 0 Å². The third kappa shape index (κ3) is 3.66. The van der Waals surface area contributed by atoms with Gasteiger partial charge >= 0.3 is 0 Å². The van der Waals surface area contributed by atoms with Crippen molar-refractivity contribution in [1.82, 2.24) is 15.1 Å². The maximum atomic E-state index is 11.9. The number of hydrogen-bond acceptors (Lipinski definition) is 3. The first-order chi connectivity index (χ1) is 8.25. The number of hydrogen-bond donors (Lipinski definition) is 0. The van der Waals surface area contributed by atoms with E-state index in [1.54, 1.807) is 6.07 Å². The first kappa shape index (κ1) is 12.3. The lowest BCUT2D eigenvalue weighted by atomic mass is 10.1. The van der Waals surface area contributed by atoms with Crippen molar-refractivity contribution in [1.29, 1.82) is 0 Å². The molecule has 17 heavy (non-hydrogen) atoms. The third-order valence-electron chi connectivity index (χ3n) is 2.96. The van der Waals surface area contributed by atoms with Gasteiger partial charge in [0.2, 0.25) is 5.91 Å². The number of aromatic nitrogens is 2. The fourth-order valence-corrected chi connectivity index (χ4v) is 2.11. The van der Waals surface area contributed by atoms with E-state index in [0.717, 1.165) is 25.1 Å². The van der Waals surface area contributed by atoms with Crippen LogP contribution in [-0.4, -0.2) is 27.5 Å². The first-order valence-corrected chi connectivity index (χ1v) is 6.39. The number of carbonyl (C=O) groups is 1. The molecule has 1 aliphatic rings. The minimum atomic E-state index is 0.224. The molecule has 5 heteroatoms. The molecule has 0 bridgehead atoms. The largest absolute Gasteiger partial charge is 0.337 e. The summed E-state index contributed by atoms with van der Waals surface area (Å²) in [6, 6.07) is 3.53. The molecule has 2 rings (SSSR count). The van der Waals surface area contributed by atoms with Crippen LogP contribution in [0.25, 0.3) is 0 Å². The van der Waals surface area contributed by atoms with Gasteiger partial charge in [-0.15, -0.1) is 5.10 Å². The first-order valence-electron chi connectivity index (χ1n) is 6.01. The highest BCUT2D eigenvalue weighted by Crippen LogP contribution is 2.14. The second-order valence-corrected chi connectivity index (χ2v) is 4.71. The molecular weight excluding hydrogens is 238 g/mol. The summed E-state index contributed by atoms with van der Waals surface area (Å²) in [5.41, 5.74) is 0.795. The predicted molar refractivity (Wildman–Crippen MR) is 65.5 cm³/mol. The number of likely N-dealkylation sites (tertiary alicyclic amines) is 1. The fourth-order valence-electron chi connectivity index (χ4n) is 2.01. The Morgan fingerprint density at radius 1 is 1.18 bits per heavy atom. The van der Waals surface area contributed by atoms with Crippen molar-refractivity contribution in [3.05, 3.63) is 23.0 Å². The van der Waals surface area contributed by atoms with Crippen LogP contribution in [0.2, 0.25) is 5.15 Å². The molecule has 1 fully saturated rings. The second kappa shape index (κ2) is 5.96. The van der Waals surface area contributed by atoms with E-state index in [1.807, 2.05) is 11.0 Å². The van der Waals surface area contributed by atoms with E-state index in [4.69, 9.17) is 11.6 Å². The van der Waals surface area contributed by atoms with Gasteiger partial charge < -0.3 is 4.90 Å². The summed E-state index contributed by atoms with van der Waals surface area (Å²) in [4.78, 5) is 13.8. The lowest BCUT2D eigenvalue weighted by Crippen LogP contribution is -2.32. The summed E-state index contributed by atoms with van der Waals surface area (Å²) in [5, 5.41) is 8.16. The normalized spacial score (nSPS) is 17.7. The number of amides is 1. The van der Waals surface area contributed by atoms with Gasteiger partial charge in [-0.2, -0.15) is 5.10 Å². The van der Waals surface area contributed by atoms with Crippen molar-refractivity contribution in [2.24, 2.45) is 0 Å². The Labute approximate surface area is 106 Å². The van der Waals surface area contributed by atoms with E-state index in [0.29, 0.717) is 18.1 Å². The standard InChI is InChI=1S/C12H16ClN3O/c13-11-7-6-10(14-15-11)9-16-8-4-2-1-3-5-12(16)17/h6-7H,1-5,8-9H2. The van der Waals surface area contributed by atoms with Gasteiger partial charge in [-0.25, -0.2) is 0 Å². The maximum Gasteiger partial charge on any atom is 0.222 e. The highest BCUT2D eigenvalue weighted by molar-refractivity contribution is 6.29. The van der Waals surface area contributed by atoms with E-state index < -0.39 is 0 Å². The molecule has 0 spiro atoms. The van der Waals surface area contributed by atoms with Crippen LogP contribution in [0.5, 0.6) is 0 Å². The second-order valence-electron chi connectivity index (χ2n) is 4.33. The summed E-state index contributed by atoms with van der Waals surface area (Å²) in [7, 11) is 0. The topological polar surface area (TPSA) is 46.1 Å². The van der Waals surface area contributed by atoms with Gasteiger partial charge in [0, 0.05) is 13.0 Å². The Morgan fingerprint density at radius 3 is 2.76 bits per heavy atom. The molecule has 0 radical (unpaired) electrons. The van der Waals surface area contributed by atoms with Crippen molar-refractivity contribution in [2.75, 3.05) is 6.54 Å². The van der Waals surface area contributed by atoms with Crippen molar-refractivity contribution in [3.63, 3.8) is 0 Å². The Balaban J connectivity index is 1.99. The van der Waals surface area contributed by atoms with Crippen LogP contribution in [0, 0.1) is 0 Å². The SMILES string of the molecule is O=C1CCCCCCN1Cc1ccc(Cl)nn1. The van der Waals surface area contributed by atoms with Gasteiger partial charge in [-0.1, -0.05) is 24.4 Å². The Hall–Kier alpha value is -1.16. The van der Waals surface area contributed by atoms with Crippen molar-refractivity contribution in [3.8, 4) is 0 Å². The van der Waals surface area contributed by atoms with E-state index >= 15 is 0 Å². The molecule has 0 N–H and O–H groups in total. The molecule has 1 saturated heterocycles. The molecule has 0 aliphatic carbocycles. The minimum absolute atomic E-state index is 0.224. The van der Waals surface area contributed by atoms with Gasteiger partial charge in [0.25, 0.3) is 0 Å². The van der Waals surface area contributed by atoms with Crippen LogP contribution in [0.1, 0.15) is 37.8 Å². The number of carbonyl (C=O) groups excluding carboxylic acids is 1. The van der Waals surface area contributed by atoms with Crippen molar-refractivity contribution < 1.29 is 4.79 Å². The van der Waals surface area contributed by atoms with Gasteiger partial charge in [0.15, 0.2) is 5.15 Å². The lowest BCUT2D eigenvalue weighted by molar-refractivity contribution is -0.132. The van der Waals surface area contributed by atoms with Gasteiger partial charge in [-0.3, -0.25) is 4.79 Å². The zero-order valence-corrected chi connectivity index (χ0v) is 10.5.